The fourth-order valence-electron chi connectivity index (χ4n) is 4.99. The van der Waals surface area contributed by atoms with E-state index in [9.17, 15) is 15.0 Å². The SMILES string of the molecule is CC(C)CCOc1ccc(C(C(=O)C(c2ccccc2)c2ccc(OCCC(C)C)cc2O)c2ccccc2)c(O)c1. The third-order valence-electron chi connectivity index (χ3n) is 7.39. The van der Waals surface area contributed by atoms with E-state index in [1.165, 1.54) is 0 Å². The molecule has 0 saturated carbocycles. The summed E-state index contributed by atoms with van der Waals surface area (Å²) >= 11 is 0. The average Bonchev–Trinajstić information content (AvgIpc) is 2.96. The van der Waals surface area contributed by atoms with Gasteiger partial charge in [0.15, 0.2) is 5.78 Å². The van der Waals surface area contributed by atoms with Crippen molar-refractivity contribution < 1.29 is 24.5 Å². The average molecular weight is 567 g/mol. The Morgan fingerprint density at radius 2 is 0.976 bits per heavy atom. The highest BCUT2D eigenvalue weighted by molar-refractivity contribution is 5.98. The quantitative estimate of drug-likeness (QED) is 0.160. The van der Waals surface area contributed by atoms with Crippen LogP contribution in [0.15, 0.2) is 97.1 Å². The van der Waals surface area contributed by atoms with Gasteiger partial charge in [-0.2, -0.15) is 0 Å². The van der Waals surface area contributed by atoms with Crippen LogP contribution in [0.2, 0.25) is 0 Å². The van der Waals surface area contributed by atoms with Crippen molar-refractivity contribution in [3.05, 3.63) is 119 Å². The van der Waals surface area contributed by atoms with Gasteiger partial charge in [-0.1, -0.05) is 100 Å². The molecule has 0 radical (unpaired) electrons. The van der Waals surface area contributed by atoms with Gasteiger partial charge in [0.2, 0.25) is 0 Å². The zero-order valence-corrected chi connectivity index (χ0v) is 25.0. The normalized spacial score (nSPS) is 12.7. The number of hydrogen-bond donors (Lipinski definition) is 2. The maximum atomic E-state index is 14.7. The van der Waals surface area contributed by atoms with Gasteiger partial charge in [-0.15, -0.1) is 0 Å². The minimum absolute atomic E-state index is 0.0100. The Bertz CT molecular complexity index is 1320. The fraction of sp³-hybridized carbons (Fsp3) is 0.324. The first-order valence-corrected chi connectivity index (χ1v) is 14.8. The van der Waals surface area contributed by atoms with E-state index < -0.39 is 11.8 Å². The number of ether oxygens (including phenoxy) is 2. The van der Waals surface area contributed by atoms with Crippen molar-refractivity contribution in [3.63, 3.8) is 0 Å². The first-order chi connectivity index (χ1) is 20.2. The predicted octanol–water partition coefficient (Wildman–Crippen LogP) is 8.48. The van der Waals surface area contributed by atoms with Gasteiger partial charge in [0, 0.05) is 23.3 Å². The molecule has 4 aromatic rings. The zero-order chi connectivity index (χ0) is 30.1. The third-order valence-corrected chi connectivity index (χ3v) is 7.39. The minimum atomic E-state index is -0.789. The molecule has 0 saturated heterocycles. The van der Waals surface area contributed by atoms with E-state index in [4.69, 9.17) is 9.47 Å². The summed E-state index contributed by atoms with van der Waals surface area (Å²) in [4.78, 5) is 14.7. The Morgan fingerprint density at radius 1 is 0.595 bits per heavy atom. The molecule has 4 rings (SSSR count). The molecule has 2 atom stereocenters. The van der Waals surface area contributed by atoms with E-state index in [1.807, 2.05) is 60.7 Å². The minimum Gasteiger partial charge on any atom is -0.507 e. The molecule has 4 aromatic carbocycles. The molecule has 0 spiro atoms. The highest BCUT2D eigenvalue weighted by Crippen LogP contribution is 2.42. The van der Waals surface area contributed by atoms with Crippen molar-refractivity contribution in [1.29, 1.82) is 0 Å². The van der Waals surface area contributed by atoms with Crippen LogP contribution in [0.1, 0.15) is 74.6 Å². The van der Waals surface area contributed by atoms with E-state index in [-0.39, 0.29) is 17.3 Å². The number of phenolic OH excluding ortho intramolecular Hbond substituents is 2. The van der Waals surface area contributed by atoms with E-state index in [1.54, 1.807) is 36.4 Å². The van der Waals surface area contributed by atoms with E-state index in [0.717, 1.165) is 24.0 Å². The number of carbonyl (C=O) groups is 1. The second kappa shape index (κ2) is 14.6. The summed E-state index contributed by atoms with van der Waals surface area (Å²) in [5.41, 5.74) is 2.47. The van der Waals surface area contributed by atoms with Gasteiger partial charge in [-0.3, -0.25) is 4.79 Å². The lowest BCUT2D eigenvalue weighted by molar-refractivity contribution is -0.120. The molecule has 0 amide bonds. The van der Waals surface area contributed by atoms with Gasteiger partial charge in [-0.25, -0.2) is 0 Å². The zero-order valence-electron chi connectivity index (χ0n) is 25.0. The first kappa shape index (κ1) is 30.7. The van der Waals surface area contributed by atoms with Crippen molar-refractivity contribution in [2.24, 2.45) is 11.8 Å². The summed E-state index contributed by atoms with van der Waals surface area (Å²) in [6.45, 7) is 9.62. The van der Waals surface area contributed by atoms with Crippen molar-refractivity contribution in [2.75, 3.05) is 13.2 Å². The fourth-order valence-corrected chi connectivity index (χ4v) is 4.99. The number of rotatable bonds is 14. The molecule has 0 heterocycles. The second-order valence-electron chi connectivity index (χ2n) is 11.6. The van der Waals surface area contributed by atoms with Crippen LogP contribution in [0.4, 0.5) is 0 Å². The number of Topliss-reactive ketones (excluding diaryl/α,β-unsaturated/α-hetero) is 1. The number of aromatic hydroxyl groups is 2. The number of carbonyl (C=O) groups excluding carboxylic acids is 1. The summed E-state index contributed by atoms with van der Waals surface area (Å²) in [6, 6.07) is 29.2. The monoisotopic (exact) mass is 566 g/mol. The highest BCUT2D eigenvalue weighted by Gasteiger charge is 2.35. The van der Waals surface area contributed by atoms with Gasteiger partial charge in [-0.05, 0) is 47.9 Å². The molecule has 0 aliphatic heterocycles. The molecule has 0 fully saturated rings. The third kappa shape index (κ3) is 7.94. The Morgan fingerprint density at radius 3 is 1.31 bits per heavy atom. The summed E-state index contributed by atoms with van der Waals surface area (Å²) in [5.74, 6) is 0.358. The van der Waals surface area contributed by atoms with E-state index in [0.29, 0.717) is 47.7 Å². The summed E-state index contributed by atoms with van der Waals surface area (Å²) in [7, 11) is 0. The summed E-state index contributed by atoms with van der Waals surface area (Å²) in [5, 5.41) is 22.4. The van der Waals surface area contributed by atoms with Gasteiger partial charge < -0.3 is 19.7 Å². The molecule has 5 nitrogen and oxygen atoms in total. The van der Waals surface area contributed by atoms with Crippen LogP contribution in [0.5, 0.6) is 23.0 Å². The predicted molar refractivity (Wildman–Crippen MR) is 168 cm³/mol. The van der Waals surface area contributed by atoms with Crippen molar-refractivity contribution in [3.8, 4) is 23.0 Å². The van der Waals surface area contributed by atoms with Crippen molar-refractivity contribution in [1.82, 2.24) is 0 Å². The van der Waals surface area contributed by atoms with Gasteiger partial charge in [0.05, 0.1) is 25.0 Å². The van der Waals surface area contributed by atoms with Gasteiger partial charge >= 0.3 is 0 Å². The molecule has 42 heavy (non-hydrogen) atoms. The second-order valence-corrected chi connectivity index (χ2v) is 11.6. The first-order valence-electron chi connectivity index (χ1n) is 14.8. The number of hydrogen-bond acceptors (Lipinski definition) is 5. The lowest BCUT2D eigenvalue weighted by Crippen LogP contribution is -2.23. The molecule has 0 bridgehead atoms. The molecular formula is C37H42O5. The molecular weight excluding hydrogens is 524 g/mol. The number of ketones is 1. The van der Waals surface area contributed by atoms with Crippen LogP contribution in [0, 0.1) is 11.8 Å². The van der Waals surface area contributed by atoms with E-state index in [2.05, 4.69) is 27.7 Å². The Kier molecular flexibility index (Phi) is 10.7. The van der Waals surface area contributed by atoms with E-state index >= 15 is 0 Å². The molecule has 2 N–H and O–H groups in total. The lowest BCUT2D eigenvalue weighted by Gasteiger charge is -2.26. The molecule has 2 unspecified atom stereocenters. The van der Waals surface area contributed by atoms with Gasteiger partial charge in [0.1, 0.15) is 23.0 Å². The topological polar surface area (TPSA) is 76.0 Å². The van der Waals surface area contributed by atoms with Crippen molar-refractivity contribution in [2.45, 2.75) is 52.4 Å². The molecule has 0 aromatic heterocycles. The standard InChI is InChI=1S/C37H42O5/c1-25(2)19-21-41-29-15-17-31(33(38)23-29)35(27-11-7-5-8-12-27)37(40)36(28-13-9-6-10-14-28)32-18-16-30(24-34(32)39)42-22-20-26(3)4/h5-18,23-26,35-36,38-39H,19-22H2,1-4H3. The maximum absolute atomic E-state index is 14.7. The summed E-state index contributed by atoms with van der Waals surface area (Å²) in [6.07, 6.45) is 1.80. The number of benzene rings is 4. The smallest absolute Gasteiger partial charge is 0.156 e. The van der Waals surface area contributed by atoms with Crippen LogP contribution in [-0.2, 0) is 4.79 Å². The highest BCUT2D eigenvalue weighted by atomic mass is 16.5. The van der Waals surface area contributed by atoms with Crippen LogP contribution < -0.4 is 9.47 Å². The van der Waals surface area contributed by atoms with Crippen LogP contribution in [0.25, 0.3) is 0 Å². The molecule has 0 aliphatic rings. The summed E-state index contributed by atoms with van der Waals surface area (Å²) < 4.78 is 11.7. The molecule has 0 aliphatic carbocycles. The Labute approximate surface area is 249 Å². The largest absolute Gasteiger partial charge is 0.507 e. The Balaban J connectivity index is 1.74. The number of phenols is 2. The lowest BCUT2D eigenvalue weighted by atomic mass is 9.76. The van der Waals surface area contributed by atoms with Gasteiger partial charge in [0.25, 0.3) is 0 Å². The van der Waals surface area contributed by atoms with Crippen LogP contribution in [-0.4, -0.2) is 29.2 Å². The Hall–Kier alpha value is -4.25. The van der Waals surface area contributed by atoms with Crippen molar-refractivity contribution >= 4 is 5.78 Å². The molecule has 220 valence electrons. The maximum Gasteiger partial charge on any atom is 0.156 e. The van der Waals surface area contributed by atoms with Crippen LogP contribution in [0.3, 0.4) is 0 Å². The molecule has 5 heteroatoms. The van der Waals surface area contributed by atoms with Crippen LogP contribution >= 0.6 is 0 Å².